The van der Waals surface area contributed by atoms with Gasteiger partial charge in [0, 0.05) is 0 Å². The normalized spacial score (nSPS) is 9.23. The van der Waals surface area contributed by atoms with Crippen molar-refractivity contribution in [3.63, 3.8) is 0 Å². The Morgan fingerprint density at radius 3 is 1.15 bits per heavy atom. The summed E-state index contributed by atoms with van der Waals surface area (Å²) in [6.45, 7) is 0. The van der Waals surface area contributed by atoms with E-state index < -0.39 is 33.2 Å². The molecule has 0 aromatic heterocycles. The molecule has 64 valence electrons. The molecule has 0 atom stereocenters. The van der Waals surface area contributed by atoms with Gasteiger partial charge in [-0.2, -0.15) is 0 Å². The Hall–Kier alpha value is -0.980. The minimum Gasteiger partial charge on any atom is -1.00 e. The zero-order valence-electron chi connectivity index (χ0n) is 7.53. The van der Waals surface area contributed by atoms with Gasteiger partial charge >= 0.3 is 29.6 Å². The number of hydrogen-bond donors (Lipinski definition) is 2. The number of rotatable bonds is 0. The number of benzene rings is 1. The Labute approximate surface area is 93.6 Å². The fraction of sp³-hybridized carbons (Fsp3) is 0. The minimum absolute atomic E-state index is 0. The molecule has 0 aliphatic carbocycles. The van der Waals surface area contributed by atoms with Crippen molar-refractivity contribution in [2.24, 2.45) is 0 Å². The molecule has 6 nitrogen and oxygen atoms in total. The summed E-state index contributed by atoms with van der Waals surface area (Å²) in [5.41, 5.74) is -6.38. The zero-order valence-corrected chi connectivity index (χ0v) is 8.53. The van der Waals surface area contributed by atoms with Gasteiger partial charge in [0.05, 0.1) is 0 Å². The summed E-state index contributed by atoms with van der Waals surface area (Å²) in [7, 11) is 0. The first-order valence-corrected chi connectivity index (χ1v) is 2.76. The van der Waals surface area contributed by atoms with Crippen LogP contribution in [0.25, 0.3) is 0 Å². The number of phenolic OH excluding ortho intramolecular Hbond substituents is 2. The van der Waals surface area contributed by atoms with Crippen LogP contribution in [0.4, 0.5) is 0 Å². The molecule has 0 saturated carbocycles. The predicted octanol–water partition coefficient (Wildman–Crippen LogP) is -5.47. The molecule has 13 heavy (non-hydrogen) atoms. The molecular weight excluding hydrogens is 191 g/mol. The fourth-order valence-corrected chi connectivity index (χ4v) is 0.636. The smallest absolute Gasteiger partial charge is 1.00 e. The standard InChI is InChI=1S/C6H2O6.Na.H/c7-1-2(8)4(10)6(12)5(11)3(1)9;;/h7-8H;;/q;+1;-1. The van der Waals surface area contributed by atoms with Gasteiger partial charge in [0.2, 0.25) is 11.5 Å². The van der Waals surface area contributed by atoms with Gasteiger partial charge in [-0.15, -0.1) is 0 Å². The molecule has 0 aliphatic heterocycles. The van der Waals surface area contributed by atoms with E-state index in [4.69, 9.17) is 10.2 Å². The SMILES string of the molecule is O=c1c(O)c(O)c(=O)c(=O)c1=O.[H-].[Na+]. The van der Waals surface area contributed by atoms with Crippen LogP contribution < -0.4 is 51.3 Å². The Morgan fingerprint density at radius 2 is 0.923 bits per heavy atom. The van der Waals surface area contributed by atoms with Crippen molar-refractivity contribution in [3.8, 4) is 11.5 Å². The Kier molecular flexibility index (Phi) is 3.53. The van der Waals surface area contributed by atoms with Crippen LogP contribution in [0.15, 0.2) is 19.2 Å². The van der Waals surface area contributed by atoms with Gasteiger partial charge in [-0.3, -0.25) is 19.2 Å². The van der Waals surface area contributed by atoms with E-state index in [1.165, 1.54) is 0 Å². The molecule has 0 spiro atoms. The molecule has 0 unspecified atom stereocenters. The molecule has 0 saturated heterocycles. The second-order valence-electron chi connectivity index (χ2n) is 2.01. The third-order valence-electron chi connectivity index (χ3n) is 1.27. The molecule has 0 radical (unpaired) electrons. The number of hydrogen-bond acceptors (Lipinski definition) is 6. The topological polar surface area (TPSA) is 109 Å². The van der Waals surface area contributed by atoms with E-state index in [1.54, 1.807) is 0 Å². The van der Waals surface area contributed by atoms with Crippen LogP contribution in [-0.2, 0) is 0 Å². The Bertz CT molecular complexity index is 480. The van der Waals surface area contributed by atoms with Crippen LogP contribution in [0, 0.1) is 0 Å². The molecule has 1 rings (SSSR count). The molecular formula is C6H3NaO6. The van der Waals surface area contributed by atoms with Crippen LogP contribution in [0.2, 0.25) is 0 Å². The van der Waals surface area contributed by atoms with Crippen molar-refractivity contribution in [2.75, 3.05) is 0 Å². The van der Waals surface area contributed by atoms with E-state index in [0.717, 1.165) is 0 Å². The van der Waals surface area contributed by atoms with Gasteiger partial charge in [-0.05, 0) is 0 Å². The van der Waals surface area contributed by atoms with Crippen molar-refractivity contribution >= 4 is 0 Å². The maximum atomic E-state index is 10.5. The van der Waals surface area contributed by atoms with Gasteiger partial charge in [0.1, 0.15) is 0 Å². The van der Waals surface area contributed by atoms with Crippen LogP contribution in [0.3, 0.4) is 0 Å². The first-order chi connectivity index (χ1) is 5.46. The largest absolute Gasteiger partial charge is 1.00 e. The summed E-state index contributed by atoms with van der Waals surface area (Å²) in [6.07, 6.45) is 0. The van der Waals surface area contributed by atoms with Crippen molar-refractivity contribution in [1.29, 1.82) is 0 Å². The monoisotopic (exact) mass is 194 g/mol. The molecule has 0 heterocycles. The molecule has 7 heteroatoms. The van der Waals surface area contributed by atoms with E-state index in [-0.39, 0.29) is 31.0 Å². The quantitative estimate of drug-likeness (QED) is 0.242. The van der Waals surface area contributed by atoms with Gasteiger partial charge < -0.3 is 11.6 Å². The van der Waals surface area contributed by atoms with Gasteiger partial charge in [0.15, 0.2) is 0 Å². The van der Waals surface area contributed by atoms with E-state index in [2.05, 4.69) is 0 Å². The molecule has 0 aliphatic rings. The molecule has 2 N–H and O–H groups in total. The zero-order chi connectivity index (χ0) is 9.46. The third-order valence-corrected chi connectivity index (χ3v) is 1.27. The van der Waals surface area contributed by atoms with Crippen molar-refractivity contribution in [3.05, 3.63) is 40.9 Å². The first kappa shape index (κ1) is 12.0. The van der Waals surface area contributed by atoms with E-state index in [0.29, 0.717) is 0 Å². The summed E-state index contributed by atoms with van der Waals surface area (Å²) in [4.78, 5) is 41.9. The molecule has 1 aromatic carbocycles. The summed E-state index contributed by atoms with van der Waals surface area (Å²) in [5, 5.41) is 17.2. The fourth-order valence-electron chi connectivity index (χ4n) is 0.636. The molecule has 1 aromatic rings. The Morgan fingerprint density at radius 1 is 0.692 bits per heavy atom. The second kappa shape index (κ2) is 3.82. The van der Waals surface area contributed by atoms with Gasteiger partial charge in [0.25, 0.3) is 21.7 Å². The first-order valence-electron chi connectivity index (χ1n) is 2.76. The average Bonchev–Trinajstić information content (AvgIpc) is 2.08. The summed E-state index contributed by atoms with van der Waals surface area (Å²) < 4.78 is 0. The van der Waals surface area contributed by atoms with E-state index in [1.807, 2.05) is 0 Å². The van der Waals surface area contributed by atoms with Gasteiger partial charge in [-0.1, -0.05) is 0 Å². The molecule has 0 fully saturated rings. The van der Waals surface area contributed by atoms with Crippen molar-refractivity contribution < 1.29 is 41.2 Å². The van der Waals surface area contributed by atoms with E-state index >= 15 is 0 Å². The van der Waals surface area contributed by atoms with Crippen LogP contribution >= 0.6 is 0 Å². The summed E-state index contributed by atoms with van der Waals surface area (Å²) in [5.74, 6) is -2.74. The van der Waals surface area contributed by atoms with Crippen LogP contribution in [-0.4, -0.2) is 10.2 Å². The average molecular weight is 194 g/mol. The second-order valence-corrected chi connectivity index (χ2v) is 2.01. The number of phenols is 2. The number of aromatic hydroxyl groups is 2. The minimum atomic E-state index is -1.63. The van der Waals surface area contributed by atoms with Crippen molar-refractivity contribution in [2.45, 2.75) is 0 Å². The van der Waals surface area contributed by atoms with Gasteiger partial charge in [-0.25, -0.2) is 0 Å². The van der Waals surface area contributed by atoms with Crippen LogP contribution in [0.5, 0.6) is 11.5 Å². The third kappa shape index (κ3) is 1.69. The summed E-state index contributed by atoms with van der Waals surface area (Å²) >= 11 is 0. The van der Waals surface area contributed by atoms with Crippen LogP contribution in [0.1, 0.15) is 1.43 Å². The maximum absolute atomic E-state index is 10.5. The van der Waals surface area contributed by atoms with Crippen molar-refractivity contribution in [1.82, 2.24) is 0 Å². The molecule has 0 amide bonds. The predicted molar refractivity (Wildman–Crippen MR) is 38.3 cm³/mol. The maximum Gasteiger partial charge on any atom is 1.00 e. The molecule has 0 bridgehead atoms. The summed E-state index contributed by atoms with van der Waals surface area (Å²) in [6, 6.07) is 0. The van der Waals surface area contributed by atoms with E-state index in [9.17, 15) is 19.2 Å². The Balaban J connectivity index is 0.